The molecule has 15 heteroatoms. The molecule has 37 heavy (non-hydrogen) atoms. The van der Waals surface area contributed by atoms with E-state index in [1.165, 1.54) is 25.6 Å². The van der Waals surface area contributed by atoms with E-state index in [1.54, 1.807) is 28.4 Å². The van der Waals surface area contributed by atoms with Crippen molar-refractivity contribution in [2.75, 3.05) is 6.61 Å². The highest BCUT2D eigenvalue weighted by molar-refractivity contribution is 7.99. The van der Waals surface area contributed by atoms with Gasteiger partial charge >= 0.3 is 16.8 Å². The van der Waals surface area contributed by atoms with Gasteiger partial charge in [0.1, 0.15) is 17.7 Å². The first-order chi connectivity index (χ1) is 17.5. The maximum atomic E-state index is 12.2. The summed E-state index contributed by atoms with van der Waals surface area (Å²) in [7, 11) is 0. The van der Waals surface area contributed by atoms with Gasteiger partial charge in [0.25, 0.3) is 0 Å². The predicted molar refractivity (Wildman–Crippen MR) is 140 cm³/mol. The zero-order chi connectivity index (χ0) is 26.9. The lowest BCUT2D eigenvalue weighted by molar-refractivity contribution is -0.185. The highest BCUT2D eigenvalue weighted by atomic mass is 35.5. The first-order valence-electron chi connectivity index (χ1n) is 10.9. The molecule has 0 aliphatic carbocycles. The van der Waals surface area contributed by atoms with Crippen LogP contribution in [0.15, 0.2) is 33.4 Å². The average molecular weight is 608 g/mol. The van der Waals surface area contributed by atoms with Crippen molar-refractivity contribution in [2.45, 2.75) is 49.4 Å². The summed E-state index contributed by atoms with van der Waals surface area (Å²) in [6.07, 6.45) is 0.238. The molecule has 1 aromatic carbocycles. The van der Waals surface area contributed by atoms with Crippen LogP contribution in [0.1, 0.15) is 26.8 Å². The Labute approximate surface area is 234 Å². The van der Waals surface area contributed by atoms with Crippen molar-refractivity contribution in [3.63, 3.8) is 0 Å². The van der Waals surface area contributed by atoms with Gasteiger partial charge in [0.2, 0.25) is 0 Å². The molecule has 1 saturated heterocycles. The SMILES string of the molecule is CC(=O)OCC1O[C@H](Sc2cc(Cl)c(Cl)c(Cl)c2)[C@@H](OC(C)=O)C(n2cc(-c3csc(=O)[nH]3)nn2)[C@H]1C. The number of hydrogen-bond donors (Lipinski definition) is 1. The van der Waals surface area contributed by atoms with Crippen molar-refractivity contribution < 1.29 is 23.8 Å². The Hall–Kier alpha value is -2.09. The molecule has 0 amide bonds. The number of carbonyl (C=O) groups excluding carboxylic acids is 2. The monoisotopic (exact) mass is 606 g/mol. The first kappa shape index (κ1) is 27.9. The summed E-state index contributed by atoms with van der Waals surface area (Å²) in [4.78, 5) is 38.4. The summed E-state index contributed by atoms with van der Waals surface area (Å²) in [6.45, 7) is 4.45. The van der Waals surface area contributed by atoms with E-state index in [2.05, 4.69) is 15.3 Å². The molecule has 2 unspecified atom stereocenters. The van der Waals surface area contributed by atoms with Gasteiger partial charge in [-0.25, -0.2) is 4.68 Å². The summed E-state index contributed by atoms with van der Waals surface area (Å²) in [5.74, 6) is -1.32. The molecule has 3 heterocycles. The van der Waals surface area contributed by atoms with Gasteiger partial charge in [0.05, 0.1) is 39.1 Å². The summed E-state index contributed by atoms with van der Waals surface area (Å²) in [5, 5.41) is 10.8. The normalized spacial score (nSPS) is 23.6. The largest absolute Gasteiger partial charge is 0.463 e. The molecule has 5 atom stereocenters. The van der Waals surface area contributed by atoms with Crippen LogP contribution < -0.4 is 4.87 Å². The average Bonchev–Trinajstić information content (AvgIpc) is 3.47. The van der Waals surface area contributed by atoms with E-state index in [1.807, 2.05) is 6.92 Å². The lowest BCUT2D eigenvalue weighted by Crippen LogP contribution is -2.52. The van der Waals surface area contributed by atoms with Gasteiger partial charge in [0.15, 0.2) is 6.10 Å². The number of carbonyl (C=O) groups is 2. The summed E-state index contributed by atoms with van der Waals surface area (Å²) >= 11 is 20.8. The van der Waals surface area contributed by atoms with Crippen LogP contribution in [0.4, 0.5) is 0 Å². The maximum Gasteiger partial charge on any atom is 0.304 e. The number of halogens is 3. The first-order valence-corrected chi connectivity index (χ1v) is 13.8. The minimum Gasteiger partial charge on any atom is -0.463 e. The molecule has 10 nitrogen and oxygen atoms in total. The molecule has 3 aromatic rings. The highest BCUT2D eigenvalue weighted by Crippen LogP contribution is 2.44. The van der Waals surface area contributed by atoms with Gasteiger partial charge in [-0.1, -0.05) is 70.0 Å². The van der Waals surface area contributed by atoms with Crippen molar-refractivity contribution in [3.05, 3.63) is 48.4 Å². The fraction of sp³-hybridized carbons (Fsp3) is 0.409. The zero-order valence-electron chi connectivity index (χ0n) is 19.6. The molecule has 1 N–H and O–H groups in total. The van der Waals surface area contributed by atoms with Crippen LogP contribution in [0.3, 0.4) is 0 Å². The Kier molecular flexibility index (Phi) is 8.87. The molecular formula is C22H21Cl3N4O6S2. The van der Waals surface area contributed by atoms with Crippen molar-refractivity contribution in [3.8, 4) is 11.4 Å². The minimum absolute atomic E-state index is 0.0294. The van der Waals surface area contributed by atoms with Crippen LogP contribution in [0.2, 0.25) is 15.1 Å². The Bertz CT molecular complexity index is 1340. The lowest BCUT2D eigenvalue weighted by Gasteiger charge is -2.44. The standard InChI is InChI=1S/C22H21Cl3N4O6S2/c1-9-17(7-33-10(2)30)35-21(37-12-4-13(23)18(25)14(24)5-12)20(34-11(3)31)19(9)29-6-15(27-28-29)16-8-36-22(32)26-16/h4-6,8-9,17,19-21H,7H2,1-3H3,(H,26,32)/t9-,17?,19?,20-,21+/m0/s1. The minimum atomic E-state index is -0.838. The van der Waals surface area contributed by atoms with Gasteiger partial charge < -0.3 is 19.2 Å². The van der Waals surface area contributed by atoms with Gasteiger partial charge in [-0.3, -0.25) is 14.4 Å². The van der Waals surface area contributed by atoms with Crippen molar-refractivity contribution in [1.29, 1.82) is 0 Å². The van der Waals surface area contributed by atoms with E-state index in [4.69, 9.17) is 49.0 Å². The summed E-state index contributed by atoms with van der Waals surface area (Å²) in [6, 6.07) is 2.69. The van der Waals surface area contributed by atoms with Crippen LogP contribution in [0.5, 0.6) is 0 Å². The Balaban J connectivity index is 1.73. The lowest BCUT2D eigenvalue weighted by atomic mass is 9.89. The zero-order valence-corrected chi connectivity index (χ0v) is 23.5. The van der Waals surface area contributed by atoms with Crippen LogP contribution >= 0.6 is 57.9 Å². The number of ether oxygens (including phenoxy) is 3. The van der Waals surface area contributed by atoms with Crippen LogP contribution in [0, 0.1) is 5.92 Å². The highest BCUT2D eigenvalue weighted by Gasteiger charge is 2.48. The van der Waals surface area contributed by atoms with Crippen molar-refractivity contribution in [1.82, 2.24) is 20.0 Å². The maximum absolute atomic E-state index is 12.2. The molecule has 198 valence electrons. The number of aromatic amines is 1. The number of benzene rings is 1. The Morgan fingerprint density at radius 1 is 1.22 bits per heavy atom. The van der Waals surface area contributed by atoms with E-state index in [-0.39, 0.29) is 32.5 Å². The number of rotatable bonds is 7. The number of nitrogens with zero attached hydrogens (tertiary/aromatic N) is 3. The number of nitrogens with one attached hydrogen (secondary N) is 1. The fourth-order valence-electron chi connectivity index (χ4n) is 3.93. The number of hydrogen-bond acceptors (Lipinski definition) is 10. The second kappa shape index (κ2) is 11.7. The summed E-state index contributed by atoms with van der Waals surface area (Å²) in [5.41, 5.74) is 0.182. The number of thioether (sulfide) groups is 1. The van der Waals surface area contributed by atoms with E-state index < -0.39 is 35.6 Å². The molecule has 0 radical (unpaired) electrons. The molecule has 4 rings (SSSR count). The topological polar surface area (TPSA) is 125 Å². The molecule has 1 aliphatic heterocycles. The van der Waals surface area contributed by atoms with E-state index in [0.29, 0.717) is 16.3 Å². The van der Waals surface area contributed by atoms with Crippen LogP contribution in [-0.2, 0) is 23.8 Å². The number of H-pyrrole nitrogens is 1. The van der Waals surface area contributed by atoms with Crippen molar-refractivity contribution >= 4 is 69.8 Å². The van der Waals surface area contributed by atoms with Gasteiger partial charge in [0, 0.05) is 30.0 Å². The van der Waals surface area contributed by atoms with Gasteiger partial charge in [-0.15, -0.1) is 5.10 Å². The molecule has 0 spiro atoms. The third kappa shape index (κ3) is 6.50. The van der Waals surface area contributed by atoms with Gasteiger partial charge in [-0.05, 0) is 12.1 Å². The fourth-order valence-corrected chi connectivity index (χ4v) is 6.42. The number of thiazole rings is 1. The third-order valence-electron chi connectivity index (χ3n) is 5.61. The van der Waals surface area contributed by atoms with E-state index in [0.717, 1.165) is 11.3 Å². The van der Waals surface area contributed by atoms with E-state index >= 15 is 0 Å². The third-order valence-corrected chi connectivity index (χ3v) is 8.60. The Morgan fingerprint density at radius 2 is 1.92 bits per heavy atom. The van der Waals surface area contributed by atoms with Crippen LogP contribution in [0.25, 0.3) is 11.4 Å². The van der Waals surface area contributed by atoms with Crippen molar-refractivity contribution in [2.24, 2.45) is 5.92 Å². The molecule has 1 fully saturated rings. The molecule has 0 bridgehead atoms. The second-order valence-electron chi connectivity index (χ2n) is 8.23. The predicted octanol–water partition coefficient (Wildman–Crippen LogP) is 4.84. The van der Waals surface area contributed by atoms with E-state index in [9.17, 15) is 14.4 Å². The van der Waals surface area contributed by atoms with Gasteiger partial charge in [-0.2, -0.15) is 0 Å². The second-order valence-corrected chi connectivity index (χ2v) is 11.4. The Morgan fingerprint density at radius 3 is 2.51 bits per heavy atom. The number of aromatic nitrogens is 4. The quantitative estimate of drug-likeness (QED) is 0.296. The van der Waals surface area contributed by atoms with Crippen LogP contribution in [-0.4, -0.2) is 56.2 Å². The number of esters is 2. The molecule has 2 aromatic heterocycles. The molecular weight excluding hydrogens is 587 g/mol. The smallest absolute Gasteiger partial charge is 0.304 e. The molecule has 1 aliphatic rings. The molecule has 0 saturated carbocycles. The summed E-state index contributed by atoms with van der Waals surface area (Å²) < 4.78 is 18.9.